The van der Waals surface area contributed by atoms with E-state index < -0.39 is 0 Å². The van der Waals surface area contributed by atoms with Crippen molar-refractivity contribution >= 4 is 11.0 Å². The van der Waals surface area contributed by atoms with Crippen LogP contribution < -0.4 is 5.56 Å². The zero-order valence-electron chi connectivity index (χ0n) is 10.6. The van der Waals surface area contributed by atoms with Gasteiger partial charge in [-0.15, -0.1) is 0 Å². The molecule has 2 aromatic heterocycles. The van der Waals surface area contributed by atoms with Crippen LogP contribution in [0.15, 0.2) is 47.7 Å². The molecule has 0 saturated carbocycles. The second kappa shape index (κ2) is 4.68. The van der Waals surface area contributed by atoms with E-state index in [4.69, 9.17) is 0 Å². The maximum atomic E-state index is 12.3. The molecule has 96 valence electrons. The lowest BCUT2D eigenvalue weighted by Gasteiger charge is -2.14. The molecule has 0 aliphatic carbocycles. The summed E-state index contributed by atoms with van der Waals surface area (Å²) in [5.41, 5.74) is 1.68. The lowest BCUT2D eigenvalue weighted by atomic mass is 10.1. The van der Waals surface area contributed by atoms with E-state index in [1.807, 2.05) is 25.1 Å². The molecule has 1 unspecified atom stereocenters. The van der Waals surface area contributed by atoms with E-state index in [0.717, 1.165) is 6.42 Å². The number of hydrogen-bond donors (Lipinski definition) is 1. The van der Waals surface area contributed by atoms with Crippen molar-refractivity contribution in [3.63, 3.8) is 0 Å². The van der Waals surface area contributed by atoms with Gasteiger partial charge in [-0.05, 0) is 18.9 Å². The number of nitrogens with one attached hydrogen (secondary N) is 1. The van der Waals surface area contributed by atoms with Gasteiger partial charge in [0, 0.05) is 6.04 Å². The Kier molecular flexibility index (Phi) is 2.87. The highest BCUT2D eigenvalue weighted by Crippen LogP contribution is 2.12. The monoisotopic (exact) mass is 254 g/mol. The van der Waals surface area contributed by atoms with Crippen LogP contribution >= 0.6 is 0 Å². The Morgan fingerprint density at radius 2 is 2.11 bits per heavy atom. The first kappa shape index (κ1) is 11.6. The number of aromatic amines is 1. The first-order chi connectivity index (χ1) is 9.25. The molecule has 0 spiro atoms. The van der Waals surface area contributed by atoms with E-state index in [1.54, 1.807) is 10.9 Å². The van der Waals surface area contributed by atoms with Gasteiger partial charge < -0.3 is 0 Å². The van der Waals surface area contributed by atoms with Gasteiger partial charge in [0.15, 0.2) is 5.65 Å². The zero-order chi connectivity index (χ0) is 13.2. The van der Waals surface area contributed by atoms with Gasteiger partial charge >= 0.3 is 0 Å². The van der Waals surface area contributed by atoms with Gasteiger partial charge in [-0.3, -0.25) is 14.5 Å². The zero-order valence-corrected chi connectivity index (χ0v) is 10.6. The third-order valence-electron chi connectivity index (χ3n) is 3.24. The maximum Gasteiger partial charge on any atom is 0.264 e. The van der Waals surface area contributed by atoms with Crippen LogP contribution in [-0.4, -0.2) is 19.7 Å². The van der Waals surface area contributed by atoms with Crippen molar-refractivity contribution < 1.29 is 0 Å². The van der Waals surface area contributed by atoms with Crippen molar-refractivity contribution in [3.8, 4) is 0 Å². The van der Waals surface area contributed by atoms with Gasteiger partial charge in [0.2, 0.25) is 0 Å². The topological polar surface area (TPSA) is 63.6 Å². The summed E-state index contributed by atoms with van der Waals surface area (Å²) in [6, 6.07) is 10.2. The summed E-state index contributed by atoms with van der Waals surface area (Å²) in [5, 5.41) is 7.08. The van der Waals surface area contributed by atoms with Gasteiger partial charge in [0.05, 0.1) is 6.20 Å². The fourth-order valence-electron chi connectivity index (χ4n) is 2.21. The number of fused-ring (bicyclic) bond motifs is 1. The first-order valence-electron chi connectivity index (χ1n) is 6.20. The summed E-state index contributed by atoms with van der Waals surface area (Å²) in [5.74, 6) is 0. The van der Waals surface area contributed by atoms with Crippen LogP contribution in [-0.2, 0) is 6.42 Å². The maximum absolute atomic E-state index is 12.3. The summed E-state index contributed by atoms with van der Waals surface area (Å²) in [7, 11) is 0. The summed E-state index contributed by atoms with van der Waals surface area (Å²) in [6.45, 7) is 2.02. The number of hydrogen-bond acceptors (Lipinski definition) is 3. The van der Waals surface area contributed by atoms with Crippen molar-refractivity contribution in [2.75, 3.05) is 0 Å². The molecule has 0 aliphatic rings. The Labute approximate surface area is 109 Å². The predicted octanol–water partition coefficient (Wildman–Crippen LogP) is 1.92. The summed E-state index contributed by atoms with van der Waals surface area (Å²) in [6.07, 6.45) is 3.90. The average Bonchev–Trinajstić information content (AvgIpc) is 2.89. The molecular formula is C14H14N4O. The standard InChI is InChI=1S/C14H14N4O/c1-10(7-11-5-3-2-4-6-11)18-9-15-13-12(14(18)19)8-16-17-13/h2-6,8-10H,7H2,1H3,(H,16,17). The summed E-state index contributed by atoms with van der Waals surface area (Å²) >= 11 is 0. The Morgan fingerprint density at radius 3 is 2.89 bits per heavy atom. The Hall–Kier alpha value is -2.43. The molecule has 3 aromatic rings. The van der Waals surface area contributed by atoms with Crippen molar-refractivity contribution in [3.05, 3.63) is 58.8 Å². The van der Waals surface area contributed by atoms with Crippen molar-refractivity contribution in [2.24, 2.45) is 0 Å². The van der Waals surface area contributed by atoms with E-state index in [2.05, 4.69) is 27.3 Å². The Bertz CT molecular complexity index is 745. The molecule has 0 bridgehead atoms. The quantitative estimate of drug-likeness (QED) is 0.776. The fourth-order valence-corrected chi connectivity index (χ4v) is 2.21. The smallest absolute Gasteiger partial charge is 0.264 e. The molecule has 0 radical (unpaired) electrons. The van der Waals surface area contributed by atoms with Crippen LogP contribution in [0.5, 0.6) is 0 Å². The van der Waals surface area contributed by atoms with Crippen molar-refractivity contribution in [1.29, 1.82) is 0 Å². The molecular weight excluding hydrogens is 240 g/mol. The minimum Gasteiger partial charge on any atom is -0.295 e. The lowest BCUT2D eigenvalue weighted by molar-refractivity contribution is 0.523. The normalized spacial score (nSPS) is 12.7. The molecule has 0 saturated heterocycles. The molecule has 1 atom stereocenters. The summed E-state index contributed by atoms with van der Waals surface area (Å²) in [4.78, 5) is 16.5. The van der Waals surface area contributed by atoms with E-state index >= 15 is 0 Å². The SMILES string of the molecule is CC(Cc1ccccc1)n1cnc2[nH]ncc2c1=O. The lowest BCUT2D eigenvalue weighted by Crippen LogP contribution is -2.24. The fraction of sp³-hybridized carbons (Fsp3) is 0.214. The Morgan fingerprint density at radius 1 is 1.32 bits per heavy atom. The Balaban J connectivity index is 1.95. The van der Waals surface area contributed by atoms with Crippen LogP contribution in [0.25, 0.3) is 11.0 Å². The number of benzene rings is 1. The highest BCUT2D eigenvalue weighted by atomic mass is 16.1. The minimum absolute atomic E-state index is 0.0535. The van der Waals surface area contributed by atoms with Crippen molar-refractivity contribution in [1.82, 2.24) is 19.7 Å². The number of aromatic nitrogens is 4. The molecule has 0 fully saturated rings. The third-order valence-corrected chi connectivity index (χ3v) is 3.24. The highest BCUT2D eigenvalue weighted by Gasteiger charge is 2.11. The van der Waals surface area contributed by atoms with Crippen LogP contribution in [0.4, 0.5) is 0 Å². The van der Waals surface area contributed by atoms with E-state index in [9.17, 15) is 4.79 Å². The van der Waals surface area contributed by atoms with Crippen LogP contribution in [0.3, 0.4) is 0 Å². The molecule has 5 heteroatoms. The molecule has 1 aromatic carbocycles. The van der Waals surface area contributed by atoms with Crippen LogP contribution in [0, 0.1) is 0 Å². The van der Waals surface area contributed by atoms with E-state index in [0.29, 0.717) is 11.0 Å². The second-order valence-corrected chi connectivity index (χ2v) is 4.63. The van der Waals surface area contributed by atoms with Gasteiger partial charge in [-0.2, -0.15) is 5.10 Å². The molecule has 19 heavy (non-hydrogen) atoms. The van der Waals surface area contributed by atoms with Crippen LogP contribution in [0.2, 0.25) is 0 Å². The van der Waals surface area contributed by atoms with Gasteiger partial charge in [-0.1, -0.05) is 30.3 Å². The number of H-pyrrole nitrogens is 1. The molecule has 0 amide bonds. The van der Waals surface area contributed by atoms with Gasteiger partial charge in [-0.25, -0.2) is 4.98 Å². The largest absolute Gasteiger partial charge is 0.295 e. The molecule has 0 aliphatic heterocycles. The molecule has 3 rings (SSSR count). The van der Waals surface area contributed by atoms with Crippen LogP contribution in [0.1, 0.15) is 18.5 Å². The minimum atomic E-state index is -0.0535. The van der Waals surface area contributed by atoms with Gasteiger partial charge in [0.25, 0.3) is 5.56 Å². The van der Waals surface area contributed by atoms with E-state index in [1.165, 1.54) is 11.8 Å². The highest BCUT2D eigenvalue weighted by molar-refractivity contribution is 5.71. The van der Waals surface area contributed by atoms with E-state index in [-0.39, 0.29) is 11.6 Å². The number of nitrogens with zero attached hydrogens (tertiary/aromatic N) is 3. The molecule has 2 heterocycles. The first-order valence-corrected chi connectivity index (χ1v) is 6.20. The predicted molar refractivity (Wildman–Crippen MR) is 73.0 cm³/mol. The second-order valence-electron chi connectivity index (χ2n) is 4.63. The van der Waals surface area contributed by atoms with Gasteiger partial charge in [0.1, 0.15) is 11.7 Å². The summed E-state index contributed by atoms with van der Waals surface area (Å²) < 4.78 is 1.66. The molecule has 1 N–H and O–H groups in total. The molecule has 5 nitrogen and oxygen atoms in total. The average molecular weight is 254 g/mol. The van der Waals surface area contributed by atoms with Crippen molar-refractivity contribution in [2.45, 2.75) is 19.4 Å². The third kappa shape index (κ3) is 2.14. The number of rotatable bonds is 3.